The number of likely N-dealkylation sites (tertiary alicyclic amines) is 1. The van der Waals surface area contributed by atoms with E-state index in [1.165, 1.54) is 5.56 Å². The fraction of sp³-hybridized carbons (Fsp3) is 0.550. The lowest BCUT2D eigenvalue weighted by molar-refractivity contribution is 0.0706. The highest BCUT2D eigenvalue weighted by atomic mass is 16.3. The van der Waals surface area contributed by atoms with Gasteiger partial charge in [-0.25, -0.2) is 9.97 Å². The molecule has 2 aliphatic heterocycles. The lowest BCUT2D eigenvalue weighted by Crippen LogP contribution is -2.39. The van der Waals surface area contributed by atoms with Crippen LogP contribution in [0.25, 0.3) is 11.4 Å². The molecule has 0 aromatic carbocycles. The number of nitrogens with zero attached hydrogens (tertiary/aromatic N) is 4. The smallest absolute Gasteiger partial charge is 0.163 e. The van der Waals surface area contributed by atoms with Crippen LogP contribution in [-0.4, -0.2) is 63.8 Å². The Labute approximate surface area is 160 Å². The van der Waals surface area contributed by atoms with Crippen molar-refractivity contribution in [1.29, 1.82) is 0 Å². The molecule has 0 saturated carbocycles. The van der Waals surface area contributed by atoms with Crippen LogP contribution in [0.3, 0.4) is 0 Å². The van der Waals surface area contributed by atoms with E-state index in [4.69, 9.17) is 9.97 Å². The van der Waals surface area contributed by atoms with Crippen molar-refractivity contribution in [3.63, 3.8) is 0 Å². The van der Waals surface area contributed by atoms with Crippen molar-refractivity contribution >= 4 is 5.82 Å². The van der Waals surface area contributed by atoms with Crippen molar-refractivity contribution in [2.24, 2.45) is 0 Å². The molecule has 2 aromatic heterocycles. The molecule has 2 aromatic rings. The van der Waals surface area contributed by atoms with Gasteiger partial charge in [-0.3, -0.25) is 4.98 Å². The predicted molar refractivity (Wildman–Crippen MR) is 105 cm³/mol. The van der Waals surface area contributed by atoms with E-state index in [-0.39, 0.29) is 6.10 Å². The Hall–Kier alpha value is -2.09. The predicted octanol–water partition coefficient (Wildman–Crippen LogP) is 1.44. The molecule has 0 aliphatic carbocycles. The molecule has 7 nitrogen and oxygen atoms in total. The molecule has 0 bridgehead atoms. The summed E-state index contributed by atoms with van der Waals surface area (Å²) in [5.74, 6) is 1.69. The van der Waals surface area contributed by atoms with Crippen LogP contribution in [0.15, 0.2) is 24.5 Å². The van der Waals surface area contributed by atoms with Gasteiger partial charge < -0.3 is 20.6 Å². The fourth-order valence-corrected chi connectivity index (χ4v) is 3.87. The zero-order valence-electron chi connectivity index (χ0n) is 15.7. The third-order valence-electron chi connectivity index (χ3n) is 5.28. The molecule has 1 saturated heterocycles. The highest BCUT2D eigenvalue weighted by Crippen LogP contribution is 2.24. The number of anilines is 1. The number of hydrogen-bond donors (Lipinski definition) is 3. The molecule has 7 heteroatoms. The second-order valence-corrected chi connectivity index (χ2v) is 7.37. The summed E-state index contributed by atoms with van der Waals surface area (Å²) in [6.07, 6.45) is 7.43. The minimum atomic E-state index is -0.157. The summed E-state index contributed by atoms with van der Waals surface area (Å²) >= 11 is 0. The molecule has 144 valence electrons. The quantitative estimate of drug-likeness (QED) is 0.665. The Balaban J connectivity index is 1.43. The van der Waals surface area contributed by atoms with E-state index in [1.54, 1.807) is 6.20 Å². The van der Waals surface area contributed by atoms with Gasteiger partial charge in [-0.2, -0.15) is 0 Å². The molecule has 0 unspecified atom stereocenters. The van der Waals surface area contributed by atoms with Gasteiger partial charge >= 0.3 is 0 Å². The summed E-state index contributed by atoms with van der Waals surface area (Å²) in [5.41, 5.74) is 3.25. The molecule has 1 atom stereocenters. The summed E-state index contributed by atoms with van der Waals surface area (Å²) in [5, 5.41) is 16.7. The first-order valence-corrected chi connectivity index (χ1v) is 9.95. The maximum atomic E-state index is 9.80. The molecular formula is C20H28N6O. The molecule has 0 amide bonds. The molecule has 0 radical (unpaired) electrons. The highest BCUT2D eigenvalue weighted by molar-refractivity contribution is 5.59. The van der Waals surface area contributed by atoms with Crippen LogP contribution in [0.4, 0.5) is 5.82 Å². The summed E-state index contributed by atoms with van der Waals surface area (Å²) in [6, 6.07) is 3.91. The Morgan fingerprint density at radius 2 is 2.30 bits per heavy atom. The van der Waals surface area contributed by atoms with Gasteiger partial charge in [-0.05, 0) is 57.5 Å². The van der Waals surface area contributed by atoms with Gasteiger partial charge in [0.05, 0.1) is 11.8 Å². The Bertz CT molecular complexity index is 754. The number of aliphatic hydroxyl groups excluding tert-OH is 1. The second-order valence-electron chi connectivity index (χ2n) is 7.37. The van der Waals surface area contributed by atoms with E-state index < -0.39 is 0 Å². The van der Waals surface area contributed by atoms with E-state index in [2.05, 4.69) is 20.5 Å². The molecule has 27 heavy (non-hydrogen) atoms. The lowest BCUT2D eigenvalue weighted by Gasteiger charge is -2.30. The van der Waals surface area contributed by atoms with Gasteiger partial charge in [-0.15, -0.1) is 0 Å². The largest absolute Gasteiger partial charge is 0.392 e. The molecule has 4 heterocycles. The van der Waals surface area contributed by atoms with Crippen molar-refractivity contribution in [2.45, 2.75) is 38.3 Å². The van der Waals surface area contributed by atoms with Gasteiger partial charge in [-0.1, -0.05) is 0 Å². The number of piperidine rings is 1. The maximum Gasteiger partial charge on any atom is 0.163 e. The Morgan fingerprint density at radius 1 is 1.33 bits per heavy atom. The minimum Gasteiger partial charge on any atom is -0.392 e. The second kappa shape index (κ2) is 8.73. The first kappa shape index (κ1) is 18.3. The first-order valence-electron chi connectivity index (χ1n) is 9.95. The fourth-order valence-electron chi connectivity index (χ4n) is 3.87. The van der Waals surface area contributed by atoms with Crippen LogP contribution in [0.2, 0.25) is 0 Å². The van der Waals surface area contributed by atoms with Gasteiger partial charge in [0, 0.05) is 43.2 Å². The first-order chi connectivity index (χ1) is 13.3. The number of fused-ring (bicyclic) bond motifs is 1. The zero-order valence-corrected chi connectivity index (χ0v) is 15.7. The van der Waals surface area contributed by atoms with Crippen molar-refractivity contribution in [3.8, 4) is 11.4 Å². The molecular weight excluding hydrogens is 340 g/mol. The molecule has 2 aliphatic rings. The number of β-amino-alcohol motifs (C(OH)–C–C–N with tert-alkyl or cyclic N) is 1. The summed E-state index contributed by atoms with van der Waals surface area (Å²) in [6.45, 7) is 5.52. The maximum absolute atomic E-state index is 9.80. The van der Waals surface area contributed by atoms with Crippen LogP contribution in [0.5, 0.6) is 0 Å². The number of hydrogen-bond acceptors (Lipinski definition) is 7. The van der Waals surface area contributed by atoms with E-state index >= 15 is 0 Å². The monoisotopic (exact) mass is 368 g/mol. The lowest BCUT2D eigenvalue weighted by atomic mass is 10.1. The van der Waals surface area contributed by atoms with Gasteiger partial charge in [0.15, 0.2) is 5.82 Å². The molecule has 4 rings (SSSR count). The summed E-state index contributed by atoms with van der Waals surface area (Å²) in [7, 11) is 0. The third kappa shape index (κ3) is 4.61. The third-order valence-corrected chi connectivity index (χ3v) is 5.28. The van der Waals surface area contributed by atoms with Crippen LogP contribution < -0.4 is 10.6 Å². The van der Waals surface area contributed by atoms with Crippen molar-refractivity contribution < 1.29 is 5.11 Å². The topological polar surface area (TPSA) is 86.2 Å². The number of aromatic nitrogens is 3. The SMILES string of the molecule is O[C@H]1CCCN(CCCNc2nc(-c3cccnc3)nc3c2CCNC3)C1. The average molecular weight is 368 g/mol. The Kier molecular flexibility index (Phi) is 5.91. The van der Waals surface area contributed by atoms with Gasteiger partial charge in [0.25, 0.3) is 0 Å². The van der Waals surface area contributed by atoms with E-state index in [1.807, 2.05) is 18.3 Å². The average Bonchev–Trinajstić information content (AvgIpc) is 2.71. The van der Waals surface area contributed by atoms with Crippen LogP contribution >= 0.6 is 0 Å². The zero-order chi connectivity index (χ0) is 18.5. The minimum absolute atomic E-state index is 0.157. The van der Waals surface area contributed by atoms with Gasteiger partial charge in [0.2, 0.25) is 0 Å². The molecule has 0 spiro atoms. The normalized spacial score (nSPS) is 20.3. The number of pyridine rings is 1. The van der Waals surface area contributed by atoms with Gasteiger partial charge in [0.1, 0.15) is 5.82 Å². The summed E-state index contributed by atoms with van der Waals surface area (Å²) in [4.78, 5) is 16.1. The number of nitrogens with one attached hydrogen (secondary N) is 2. The van der Waals surface area contributed by atoms with Crippen LogP contribution in [0.1, 0.15) is 30.5 Å². The van der Waals surface area contributed by atoms with Crippen molar-refractivity contribution in [1.82, 2.24) is 25.2 Å². The molecule has 1 fully saturated rings. The van der Waals surface area contributed by atoms with E-state index in [9.17, 15) is 5.11 Å². The summed E-state index contributed by atoms with van der Waals surface area (Å²) < 4.78 is 0. The highest BCUT2D eigenvalue weighted by Gasteiger charge is 2.19. The standard InChI is InChI=1S/C20H28N6O/c27-16-5-2-10-26(14-16)11-3-8-23-20-17-6-9-22-13-18(17)24-19(25-20)15-4-1-7-21-12-15/h1,4,7,12,16,22,27H,2-3,5-6,8-11,13-14H2,(H,23,24,25)/t16-/m0/s1. The van der Waals surface area contributed by atoms with Crippen molar-refractivity contribution in [2.75, 3.05) is 38.0 Å². The number of rotatable bonds is 6. The van der Waals surface area contributed by atoms with Crippen LogP contribution in [-0.2, 0) is 13.0 Å². The van der Waals surface area contributed by atoms with Crippen molar-refractivity contribution in [3.05, 3.63) is 35.8 Å². The van der Waals surface area contributed by atoms with E-state index in [0.717, 1.165) is 87.9 Å². The van der Waals surface area contributed by atoms with Crippen LogP contribution in [0, 0.1) is 0 Å². The molecule has 3 N–H and O–H groups in total. The van der Waals surface area contributed by atoms with E-state index in [0.29, 0.717) is 0 Å². The Morgan fingerprint density at radius 3 is 3.15 bits per heavy atom. The number of aliphatic hydroxyl groups is 1.